The van der Waals surface area contributed by atoms with Gasteiger partial charge in [0, 0.05) is 13.2 Å². The first-order valence-electron chi connectivity index (χ1n) is 4.96. The lowest BCUT2D eigenvalue weighted by Gasteiger charge is -2.10. The molecule has 0 radical (unpaired) electrons. The highest BCUT2D eigenvalue weighted by atomic mass is 32.2. The van der Waals surface area contributed by atoms with Crippen molar-refractivity contribution in [1.29, 1.82) is 0 Å². The quantitative estimate of drug-likeness (QED) is 0.611. The highest BCUT2D eigenvalue weighted by Gasteiger charge is 2.15. The Morgan fingerprint density at radius 3 is 2.50 bits per heavy atom. The van der Waals surface area contributed by atoms with Gasteiger partial charge in [0.15, 0.2) is 9.84 Å². The summed E-state index contributed by atoms with van der Waals surface area (Å²) in [4.78, 5) is 0. The van der Waals surface area contributed by atoms with E-state index in [-0.39, 0.29) is 11.5 Å². The molecule has 0 aromatic carbocycles. The maximum atomic E-state index is 11.5. The molecular weight excluding hydrogens is 202 g/mol. The standard InChI is InChI=1S/C9H21NO3S/c1-3-4-5-6-14(11,12)8-9(10)7-13-2/h9H,3-8,10H2,1-2H3. The van der Waals surface area contributed by atoms with E-state index >= 15 is 0 Å². The molecule has 0 amide bonds. The van der Waals surface area contributed by atoms with E-state index in [0.29, 0.717) is 6.61 Å². The highest BCUT2D eigenvalue weighted by Crippen LogP contribution is 2.01. The Hall–Kier alpha value is -0.130. The van der Waals surface area contributed by atoms with E-state index in [2.05, 4.69) is 0 Å². The Labute approximate surface area is 86.7 Å². The summed E-state index contributed by atoms with van der Waals surface area (Å²) in [5.41, 5.74) is 5.57. The minimum absolute atomic E-state index is 0.0323. The molecule has 0 saturated heterocycles. The summed E-state index contributed by atoms with van der Waals surface area (Å²) in [7, 11) is -1.46. The topological polar surface area (TPSA) is 69.4 Å². The molecule has 1 unspecified atom stereocenters. The van der Waals surface area contributed by atoms with Gasteiger partial charge in [-0.1, -0.05) is 19.8 Å². The smallest absolute Gasteiger partial charge is 0.151 e. The van der Waals surface area contributed by atoms with Gasteiger partial charge in [-0.05, 0) is 6.42 Å². The van der Waals surface area contributed by atoms with Crippen LogP contribution in [0.5, 0.6) is 0 Å². The zero-order valence-corrected chi connectivity index (χ0v) is 9.85. The van der Waals surface area contributed by atoms with Crippen molar-refractivity contribution in [3.8, 4) is 0 Å². The van der Waals surface area contributed by atoms with Gasteiger partial charge in [0.25, 0.3) is 0 Å². The van der Waals surface area contributed by atoms with Crippen LogP contribution in [0.25, 0.3) is 0 Å². The first kappa shape index (κ1) is 13.9. The van der Waals surface area contributed by atoms with Crippen molar-refractivity contribution in [3.05, 3.63) is 0 Å². The Morgan fingerprint density at radius 1 is 1.36 bits per heavy atom. The Balaban J connectivity index is 3.82. The van der Waals surface area contributed by atoms with E-state index in [0.717, 1.165) is 19.3 Å². The molecule has 0 spiro atoms. The van der Waals surface area contributed by atoms with Crippen LogP contribution in [0.4, 0.5) is 0 Å². The van der Waals surface area contributed by atoms with Crippen LogP contribution in [0.2, 0.25) is 0 Å². The van der Waals surface area contributed by atoms with E-state index in [9.17, 15) is 8.42 Å². The van der Waals surface area contributed by atoms with Crippen molar-refractivity contribution < 1.29 is 13.2 Å². The van der Waals surface area contributed by atoms with Crippen molar-refractivity contribution in [2.45, 2.75) is 32.2 Å². The van der Waals surface area contributed by atoms with E-state index < -0.39 is 15.9 Å². The van der Waals surface area contributed by atoms with Gasteiger partial charge in [-0.25, -0.2) is 8.42 Å². The third-order valence-electron chi connectivity index (χ3n) is 1.91. The number of hydrogen-bond donors (Lipinski definition) is 1. The van der Waals surface area contributed by atoms with Crippen molar-refractivity contribution >= 4 is 9.84 Å². The fraction of sp³-hybridized carbons (Fsp3) is 1.00. The average Bonchev–Trinajstić information content (AvgIpc) is 2.03. The van der Waals surface area contributed by atoms with Gasteiger partial charge < -0.3 is 10.5 Å². The molecule has 0 bridgehead atoms. The van der Waals surface area contributed by atoms with E-state index in [1.54, 1.807) is 0 Å². The van der Waals surface area contributed by atoms with Crippen LogP contribution in [0.3, 0.4) is 0 Å². The fourth-order valence-corrected chi connectivity index (χ4v) is 2.80. The SMILES string of the molecule is CCCCCS(=O)(=O)CC(N)COC. The zero-order valence-electron chi connectivity index (χ0n) is 9.03. The number of nitrogens with two attached hydrogens (primary N) is 1. The van der Waals surface area contributed by atoms with Crippen LogP contribution in [0.1, 0.15) is 26.2 Å². The van der Waals surface area contributed by atoms with Crippen molar-refractivity contribution in [1.82, 2.24) is 0 Å². The van der Waals surface area contributed by atoms with Crippen LogP contribution in [-0.2, 0) is 14.6 Å². The third-order valence-corrected chi connectivity index (χ3v) is 3.75. The number of methoxy groups -OCH3 is 1. The van der Waals surface area contributed by atoms with Crippen molar-refractivity contribution in [3.63, 3.8) is 0 Å². The molecule has 5 heteroatoms. The molecule has 0 fully saturated rings. The van der Waals surface area contributed by atoms with Crippen LogP contribution >= 0.6 is 0 Å². The second kappa shape index (κ2) is 7.20. The lowest BCUT2D eigenvalue weighted by molar-refractivity contribution is 0.186. The minimum Gasteiger partial charge on any atom is -0.383 e. The second-order valence-electron chi connectivity index (χ2n) is 3.54. The van der Waals surface area contributed by atoms with E-state index in [1.807, 2.05) is 6.92 Å². The summed E-state index contributed by atoms with van der Waals surface area (Å²) in [6, 6.07) is -0.397. The summed E-state index contributed by atoms with van der Waals surface area (Å²) >= 11 is 0. The summed E-state index contributed by atoms with van der Waals surface area (Å²) in [6.07, 6.45) is 2.72. The second-order valence-corrected chi connectivity index (χ2v) is 5.77. The molecule has 2 N–H and O–H groups in total. The molecule has 0 aliphatic carbocycles. The largest absolute Gasteiger partial charge is 0.383 e. The van der Waals surface area contributed by atoms with Crippen LogP contribution in [0, 0.1) is 0 Å². The van der Waals surface area contributed by atoms with Crippen LogP contribution in [0.15, 0.2) is 0 Å². The predicted molar refractivity (Wildman–Crippen MR) is 58.0 cm³/mol. The van der Waals surface area contributed by atoms with Gasteiger partial charge in [0.1, 0.15) is 0 Å². The zero-order chi connectivity index (χ0) is 11.0. The number of rotatable bonds is 8. The molecule has 14 heavy (non-hydrogen) atoms. The maximum absolute atomic E-state index is 11.5. The molecule has 4 nitrogen and oxygen atoms in total. The number of hydrogen-bond acceptors (Lipinski definition) is 4. The molecular formula is C9H21NO3S. The lowest BCUT2D eigenvalue weighted by Crippen LogP contribution is -2.34. The minimum atomic E-state index is -2.98. The van der Waals surface area contributed by atoms with Crippen molar-refractivity contribution in [2.75, 3.05) is 25.2 Å². The van der Waals surface area contributed by atoms with Gasteiger partial charge in [-0.2, -0.15) is 0 Å². The van der Waals surface area contributed by atoms with Gasteiger partial charge in [-0.3, -0.25) is 0 Å². The Kier molecular flexibility index (Phi) is 7.13. The molecule has 86 valence electrons. The molecule has 0 saturated carbocycles. The van der Waals surface area contributed by atoms with Crippen LogP contribution in [-0.4, -0.2) is 39.7 Å². The molecule has 0 aliphatic rings. The predicted octanol–water partition coefficient (Wildman–Crippen LogP) is 0.565. The normalized spacial score (nSPS) is 14.2. The van der Waals surface area contributed by atoms with Gasteiger partial charge >= 0.3 is 0 Å². The molecule has 0 rings (SSSR count). The monoisotopic (exact) mass is 223 g/mol. The van der Waals surface area contributed by atoms with Gasteiger partial charge in [0.2, 0.25) is 0 Å². The Morgan fingerprint density at radius 2 is 2.00 bits per heavy atom. The highest BCUT2D eigenvalue weighted by molar-refractivity contribution is 7.91. The van der Waals surface area contributed by atoms with E-state index in [1.165, 1.54) is 7.11 Å². The number of sulfone groups is 1. The number of ether oxygens (including phenoxy) is 1. The first-order chi connectivity index (χ1) is 6.52. The fourth-order valence-electron chi connectivity index (χ4n) is 1.24. The maximum Gasteiger partial charge on any atom is 0.151 e. The molecule has 0 aliphatic heterocycles. The summed E-state index contributed by atoms with van der Waals surface area (Å²) in [5, 5.41) is 0. The average molecular weight is 223 g/mol. The van der Waals surface area contributed by atoms with Gasteiger partial charge in [0.05, 0.1) is 18.1 Å². The third kappa shape index (κ3) is 7.29. The first-order valence-corrected chi connectivity index (χ1v) is 6.79. The van der Waals surface area contributed by atoms with Gasteiger partial charge in [-0.15, -0.1) is 0 Å². The number of unbranched alkanes of at least 4 members (excludes halogenated alkanes) is 2. The van der Waals surface area contributed by atoms with Crippen LogP contribution < -0.4 is 5.73 Å². The molecule has 0 heterocycles. The van der Waals surface area contributed by atoms with E-state index in [4.69, 9.17) is 10.5 Å². The lowest BCUT2D eigenvalue weighted by atomic mass is 10.3. The summed E-state index contributed by atoms with van der Waals surface area (Å²) < 4.78 is 27.7. The van der Waals surface area contributed by atoms with Crippen molar-refractivity contribution in [2.24, 2.45) is 5.73 Å². The Bertz CT molecular complexity index is 226. The molecule has 0 aromatic heterocycles. The summed E-state index contributed by atoms with van der Waals surface area (Å²) in [5.74, 6) is 0.281. The molecule has 1 atom stereocenters. The molecule has 0 aromatic rings. The summed E-state index contributed by atoms with van der Waals surface area (Å²) in [6.45, 7) is 2.34.